The van der Waals surface area contributed by atoms with Gasteiger partial charge in [0.05, 0.1) is 10.9 Å². The highest BCUT2D eigenvalue weighted by Gasteiger charge is 2.28. The second-order valence-corrected chi connectivity index (χ2v) is 10.4. The van der Waals surface area contributed by atoms with Gasteiger partial charge in [0.1, 0.15) is 12.4 Å². The van der Waals surface area contributed by atoms with E-state index in [0.29, 0.717) is 18.7 Å². The van der Waals surface area contributed by atoms with Gasteiger partial charge in [-0.1, -0.05) is 18.2 Å². The maximum Gasteiger partial charge on any atom is 0.251 e. The van der Waals surface area contributed by atoms with E-state index in [1.165, 1.54) is 40.0 Å². The molecule has 1 aliphatic heterocycles. The molecule has 2 aromatic heterocycles. The molecule has 4 rings (SSSR count). The number of benzene rings is 1. The van der Waals surface area contributed by atoms with Crippen LogP contribution in [-0.2, 0) is 21.4 Å². The summed E-state index contributed by atoms with van der Waals surface area (Å²) in [5, 5.41) is 4.74. The molecule has 3 heterocycles. The molecule has 3 aromatic rings. The van der Waals surface area contributed by atoms with Gasteiger partial charge in [0.25, 0.3) is 5.56 Å². The molecule has 0 unspecified atom stereocenters. The zero-order chi connectivity index (χ0) is 22.7. The second-order valence-electron chi connectivity index (χ2n) is 7.51. The van der Waals surface area contributed by atoms with Crippen molar-refractivity contribution < 1.29 is 17.6 Å². The smallest absolute Gasteiger partial charge is 0.251 e. The SMILES string of the molecule is O=C(Cn1cc(S(=O)(=O)N2CCCC2)ccc1=O)N[C@@H](c1ccc(F)cc1)c1cccs1. The van der Waals surface area contributed by atoms with Gasteiger partial charge in [-0.15, -0.1) is 11.3 Å². The highest BCUT2D eigenvalue weighted by molar-refractivity contribution is 7.89. The number of halogens is 1. The van der Waals surface area contributed by atoms with Gasteiger partial charge in [-0.25, -0.2) is 12.8 Å². The predicted octanol–water partition coefficient (Wildman–Crippen LogP) is 2.74. The molecular weight excluding hydrogens is 453 g/mol. The van der Waals surface area contributed by atoms with Crippen molar-refractivity contribution in [3.8, 4) is 0 Å². The first-order chi connectivity index (χ1) is 15.3. The zero-order valence-electron chi connectivity index (χ0n) is 17.1. The molecule has 168 valence electrons. The molecule has 0 saturated carbocycles. The molecule has 1 amide bonds. The molecule has 7 nitrogen and oxygen atoms in total. The summed E-state index contributed by atoms with van der Waals surface area (Å²) in [5.41, 5.74) is 0.217. The monoisotopic (exact) mass is 475 g/mol. The first-order valence-corrected chi connectivity index (χ1v) is 12.5. The van der Waals surface area contributed by atoms with Crippen LogP contribution in [0.3, 0.4) is 0 Å². The van der Waals surface area contributed by atoms with Gasteiger partial charge in [-0.2, -0.15) is 4.31 Å². The number of sulfonamides is 1. The number of hydrogen-bond donors (Lipinski definition) is 1. The summed E-state index contributed by atoms with van der Waals surface area (Å²) in [6.07, 6.45) is 2.82. The van der Waals surface area contributed by atoms with Gasteiger partial charge in [-0.05, 0) is 48.1 Å². The number of rotatable bonds is 7. The van der Waals surface area contributed by atoms with Crippen molar-refractivity contribution in [1.82, 2.24) is 14.2 Å². The van der Waals surface area contributed by atoms with Gasteiger partial charge in [0.15, 0.2) is 0 Å². The average molecular weight is 476 g/mol. The van der Waals surface area contributed by atoms with Crippen LogP contribution in [0, 0.1) is 5.82 Å². The van der Waals surface area contributed by atoms with Crippen molar-refractivity contribution >= 4 is 27.3 Å². The van der Waals surface area contributed by atoms with Gasteiger partial charge >= 0.3 is 0 Å². The Kier molecular flexibility index (Phi) is 6.54. The Balaban J connectivity index is 1.56. The number of nitrogens with one attached hydrogen (secondary N) is 1. The third kappa shape index (κ3) is 4.82. The second kappa shape index (κ2) is 9.35. The van der Waals surface area contributed by atoms with Crippen LogP contribution in [0.2, 0.25) is 0 Å². The van der Waals surface area contributed by atoms with Crippen LogP contribution in [0.1, 0.15) is 29.3 Å². The zero-order valence-corrected chi connectivity index (χ0v) is 18.7. The first-order valence-electron chi connectivity index (χ1n) is 10.1. The number of carbonyl (C=O) groups is 1. The highest BCUT2D eigenvalue weighted by Crippen LogP contribution is 2.26. The molecule has 1 atom stereocenters. The van der Waals surface area contributed by atoms with Crippen LogP contribution in [0.15, 0.2) is 69.8 Å². The van der Waals surface area contributed by atoms with E-state index < -0.39 is 27.5 Å². The van der Waals surface area contributed by atoms with Gasteiger partial charge in [0.2, 0.25) is 15.9 Å². The van der Waals surface area contributed by atoms with Crippen LogP contribution in [-0.4, -0.2) is 36.3 Å². The van der Waals surface area contributed by atoms with Crippen LogP contribution < -0.4 is 10.9 Å². The van der Waals surface area contributed by atoms with Gasteiger partial charge < -0.3 is 9.88 Å². The molecule has 1 fully saturated rings. The fourth-order valence-corrected chi connectivity index (χ4v) is 5.99. The largest absolute Gasteiger partial charge is 0.343 e. The Morgan fingerprint density at radius 2 is 1.81 bits per heavy atom. The standard InChI is InChI=1S/C22H22FN3O4S2/c23-17-7-5-16(6-8-17)22(19-4-3-13-31-19)24-20(27)15-25-14-18(9-10-21(25)28)32(29,30)26-11-1-2-12-26/h3-10,13-14,22H,1-2,11-12,15H2,(H,24,27)/t22-/m0/s1. The lowest BCUT2D eigenvalue weighted by Gasteiger charge is -2.19. The van der Waals surface area contributed by atoms with E-state index in [-0.39, 0.29) is 17.3 Å². The van der Waals surface area contributed by atoms with Gasteiger partial charge in [0, 0.05) is 30.2 Å². The summed E-state index contributed by atoms with van der Waals surface area (Å²) in [5.74, 6) is -0.849. The third-order valence-electron chi connectivity index (χ3n) is 5.31. The molecule has 0 spiro atoms. The Bertz CT molecular complexity index is 1250. The van der Waals surface area contributed by atoms with E-state index >= 15 is 0 Å². The number of pyridine rings is 1. The van der Waals surface area contributed by atoms with E-state index in [1.54, 1.807) is 12.1 Å². The van der Waals surface area contributed by atoms with Crippen molar-refractivity contribution in [2.45, 2.75) is 30.3 Å². The minimum atomic E-state index is -3.71. The lowest BCUT2D eigenvalue weighted by atomic mass is 10.1. The quantitative estimate of drug-likeness (QED) is 0.569. The molecule has 1 saturated heterocycles. The average Bonchev–Trinajstić information content (AvgIpc) is 3.49. The Morgan fingerprint density at radius 1 is 1.09 bits per heavy atom. The van der Waals surface area contributed by atoms with Crippen LogP contribution >= 0.6 is 11.3 Å². The molecule has 0 aliphatic carbocycles. The Hall–Kier alpha value is -2.82. The maximum absolute atomic E-state index is 13.4. The van der Waals surface area contributed by atoms with E-state index in [1.807, 2.05) is 17.5 Å². The summed E-state index contributed by atoms with van der Waals surface area (Å²) >= 11 is 1.44. The molecule has 1 N–H and O–H groups in total. The summed E-state index contributed by atoms with van der Waals surface area (Å²) in [6.45, 7) is 0.551. The third-order valence-corrected chi connectivity index (χ3v) is 8.13. The first kappa shape index (κ1) is 22.4. The summed E-state index contributed by atoms with van der Waals surface area (Å²) in [6, 6.07) is 11.4. The minimum Gasteiger partial charge on any atom is -0.343 e. The molecule has 1 aromatic carbocycles. The van der Waals surface area contributed by atoms with E-state index in [0.717, 1.165) is 28.4 Å². The summed E-state index contributed by atoms with van der Waals surface area (Å²) in [7, 11) is -3.71. The molecule has 0 radical (unpaired) electrons. The number of carbonyl (C=O) groups excluding carboxylic acids is 1. The topological polar surface area (TPSA) is 88.5 Å². The van der Waals surface area contributed by atoms with Crippen molar-refractivity contribution in [3.05, 3.63) is 86.7 Å². The molecule has 32 heavy (non-hydrogen) atoms. The van der Waals surface area contributed by atoms with Crippen LogP contribution in [0.4, 0.5) is 4.39 Å². The van der Waals surface area contributed by atoms with E-state index in [2.05, 4.69) is 5.32 Å². The Morgan fingerprint density at radius 3 is 2.47 bits per heavy atom. The Labute approximate surface area is 189 Å². The number of nitrogens with zero attached hydrogens (tertiary/aromatic N) is 2. The van der Waals surface area contributed by atoms with Crippen LogP contribution in [0.5, 0.6) is 0 Å². The lowest BCUT2D eigenvalue weighted by molar-refractivity contribution is -0.122. The molecule has 0 bridgehead atoms. The minimum absolute atomic E-state index is 0.0138. The van der Waals surface area contributed by atoms with Crippen LogP contribution in [0.25, 0.3) is 0 Å². The number of aromatic nitrogens is 1. The number of hydrogen-bond acceptors (Lipinski definition) is 5. The molecule has 10 heteroatoms. The fourth-order valence-electron chi connectivity index (χ4n) is 3.65. The van der Waals surface area contributed by atoms with Crippen molar-refractivity contribution in [3.63, 3.8) is 0 Å². The normalized spacial score (nSPS) is 15.5. The van der Waals surface area contributed by atoms with E-state index in [4.69, 9.17) is 0 Å². The maximum atomic E-state index is 13.4. The number of amides is 1. The van der Waals surface area contributed by atoms with Gasteiger partial charge in [-0.3, -0.25) is 9.59 Å². The fraction of sp³-hybridized carbons (Fsp3) is 0.273. The van der Waals surface area contributed by atoms with Crippen molar-refractivity contribution in [2.75, 3.05) is 13.1 Å². The number of thiophene rings is 1. The predicted molar refractivity (Wildman–Crippen MR) is 119 cm³/mol. The summed E-state index contributed by atoms with van der Waals surface area (Å²) in [4.78, 5) is 26.0. The van der Waals surface area contributed by atoms with Crippen molar-refractivity contribution in [2.24, 2.45) is 0 Å². The van der Waals surface area contributed by atoms with E-state index in [9.17, 15) is 22.4 Å². The molecule has 1 aliphatic rings. The lowest BCUT2D eigenvalue weighted by Crippen LogP contribution is -2.35. The summed E-state index contributed by atoms with van der Waals surface area (Å²) < 4.78 is 41.5. The highest BCUT2D eigenvalue weighted by atomic mass is 32.2. The van der Waals surface area contributed by atoms with Crippen molar-refractivity contribution in [1.29, 1.82) is 0 Å². The molecular formula is C22H22FN3O4S2.